The first-order valence-corrected chi connectivity index (χ1v) is 5.86. The molecule has 0 radical (unpaired) electrons. The quantitative estimate of drug-likeness (QED) is 0.778. The number of carbonyl (C=O) groups is 1. The molecule has 0 fully saturated rings. The minimum atomic E-state index is -3.54. The van der Waals surface area contributed by atoms with Gasteiger partial charge < -0.3 is 5.11 Å². The third kappa shape index (κ3) is 2.33. The van der Waals surface area contributed by atoms with Gasteiger partial charge in [0.1, 0.15) is 5.82 Å². The number of carboxylic acids is 1. The maximum absolute atomic E-state index is 13.1. The van der Waals surface area contributed by atoms with Crippen LogP contribution in [0.25, 0.3) is 0 Å². The predicted molar refractivity (Wildman–Crippen MR) is 51.2 cm³/mol. The highest BCUT2D eigenvalue weighted by atomic mass is 32.2. The highest BCUT2D eigenvalue weighted by Gasteiger charge is 2.18. The van der Waals surface area contributed by atoms with E-state index in [1.165, 1.54) is 6.92 Å². The Kier molecular flexibility index (Phi) is 2.81. The van der Waals surface area contributed by atoms with Gasteiger partial charge in [-0.25, -0.2) is 17.6 Å². The zero-order chi connectivity index (χ0) is 11.8. The van der Waals surface area contributed by atoms with E-state index >= 15 is 0 Å². The first kappa shape index (κ1) is 11.6. The van der Waals surface area contributed by atoms with Crippen LogP contribution in [0.4, 0.5) is 4.39 Å². The Morgan fingerprint density at radius 2 is 1.93 bits per heavy atom. The van der Waals surface area contributed by atoms with E-state index in [2.05, 4.69) is 0 Å². The molecule has 0 amide bonds. The van der Waals surface area contributed by atoms with Crippen molar-refractivity contribution in [1.29, 1.82) is 0 Å². The smallest absolute Gasteiger partial charge is 0.338 e. The maximum Gasteiger partial charge on any atom is 0.338 e. The van der Waals surface area contributed by atoms with E-state index < -0.39 is 27.2 Å². The molecule has 1 rings (SSSR count). The van der Waals surface area contributed by atoms with Crippen LogP contribution in [0.15, 0.2) is 17.0 Å². The number of halogens is 1. The Morgan fingerprint density at radius 1 is 1.40 bits per heavy atom. The van der Waals surface area contributed by atoms with Crippen molar-refractivity contribution < 1.29 is 22.7 Å². The lowest BCUT2D eigenvalue weighted by molar-refractivity contribution is 0.0691. The van der Waals surface area contributed by atoms with E-state index in [-0.39, 0.29) is 10.5 Å². The molecule has 1 aromatic carbocycles. The van der Waals surface area contributed by atoms with Crippen molar-refractivity contribution in [1.82, 2.24) is 0 Å². The van der Waals surface area contributed by atoms with E-state index in [1.807, 2.05) is 0 Å². The molecule has 0 atom stereocenters. The van der Waals surface area contributed by atoms with Gasteiger partial charge in [-0.05, 0) is 24.6 Å². The Morgan fingerprint density at radius 3 is 2.33 bits per heavy atom. The fourth-order valence-corrected chi connectivity index (χ4v) is 2.19. The minimum Gasteiger partial charge on any atom is -0.478 e. The normalized spacial score (nSPS) is 11.4. The van der Waals surface area contributed by atoms with Crippen molar-refractivity contribution in [3.05, 3.63) is 29.1 Å². The molecule has 0 unspecified atom stereocenters. The Bertz CT molecular complexity index is 519. The average molecular weight is 232 g/mol. The third-order valence-corrected chi connectivity index (χ3v) is 3.13. The first-order valence-electron chi connectivity index (χ1n) is 3.97. The fourth-order valence-electron chi connectivity index (χ4n) is 1.22. The van der Waals surface area contributed by atoms with E-state index in [1.54, 1.807) is 0 Å². The lowest BCUT2D eigenvalue weighted by Gasteiger charge is -2.05. The molecule has 82 valence electrons. The number of hydrogen-bond acceptors (Lipinski definition) is 3. The summed E-state index contributed by atoms with van der Waals surface area (Å²) in [5, 5.41) is 8.61. The molecule has 1 N–H and O–H groups in total. The molecule has 6 heteroatoms. The number of aromatic carboxylic acids is 1. The topological polar surface area (TPSA) is 71.4 Å². The second-order valence-electron chi connectivity index (χ2n) is 3.17. The van der Waals surface area contributed by atoms with Crippen molar-refractivity contribution in [3.8, 4) is 0 Å². The standard InChI is InChI=1S/C9H9FO4S/c1-5-3-7(10)6(9(11)12)4-8(5)15(2,13)14/h3-4H,1-2H3,(H,11,12). The summed E-state index contributed by atoms with van der Waals surface area (Å²) >= 11 is 0. The summed E-state index contributed by atoms with van der Waals surface area (Å²) in [6, 6.07) is 1.74. The molecule has 0 aliphatic rings. The van der Waals surface area contributed by atoms with Gasteiger partial charge in [-0.3, -0.25) is 0 Å². The van der Waals surface area contributed by atoms with Gasteiger partial charge in [-0.1, -0.05) is 0 Å². The van der Waals surface area contributed by atoms with Crippen LogP contribution in [0.3, 0.4) is 0 Å². The monoisotopic (exact) mass is 232 g/mol. The lowest BCUT2D eigenvalue weighted by Crippen LogP contribution is -2.07. The van der Waals surface area contributed by atoms with Crippen LogP contribution in [-0.4, -0.2) is 25.7 Å². The van der Waals surface area contributed by atoms with Crippen LogP contribution in [0, 0.1) is 12.7 Å². The molecule has 0 bridgehead atoms. The molecular formula is C9H9FO4S. The summed E-state index contributed by atoms with van der Waals surface area (Å²) in [7, 11) is -3.54. The number of carboxylic acid groups (broad SMARTS) is 1. The molecule has 0 saturated heterocycles. The molecule has 0 aliphatic heterocycles. The molecular weight excluding hydrogens is 223 g/mol. The Hall–Kier alpha value is -1.43. The van der Waals surface area contributed by atoms with Crippen LogP contribution in [0.5, 0.6) is 0 Å². The van der Waals surface area contributed by atoms with Crippen LogP contribution in [0.1, 0.15) is 15.9 Å². The van der Waals surface area contributed by atoms with E-state index in [4.69, 9.17) is 5.11 Å². The van der Waals surface area contributed by atoms with Crippen LogP contribution in [0.2, 0.25) is 0 Å². The molecule has 0 saturated carbocycles. The summed E-state index contributed by atoms with van der Waals surface area (Å²) in [4.78, 5) is 10.4. The zero-order valence-electron chi connectivity index (χ0n) is 8.11. The molecule has 4 nitrogen and oxygen atoms in total. The molecule has 0 aliphatic carbocycles. The van der Waals surface area contributed by atoms with Gasteiger partial charge in [-0.2, -0.15) is 0 Å². The molecule has 0 aromatic heterocycles. The fraction of sp³-hybridized carbons (Fsp3) is 0.222. The first-order chi connectivity index (χ1) is 6.73. The second-order valence-corrected chi connectivity index (χ2v) is 5.16. The summed E-state index contributed by atoms with van der Waals surface area (Å²) in [5.74, 6) is -2.43. The molecule has 0 heterocycles. The van der Waals surface area contributed by atoms with Gasteiger partial charge in [0.25, 0.3) is 0 Å². The SMILES string of the molecule is Cc1cc(F)c(C(=O)O)cc1S(C)(=O)=O. The van der Waals surface area contributed by atoms with Crippen LogP contribution in [-0.2, 0) is 9.84 Å². The predicted octanol–water partition coefficient (Wildman–Crippen LogP) is 1.24. The summed E-state index contributed by atoms with van der Waals surface area (Å²) in [5.41, 5.74) is -0.443. The minimum absolute atomic E-state index is 0.165. The Labute approximate surface area is 86.3 Å². The van der Waals surface area contributed by atoms with Gasteiger partial charge >= 0.3 is 5.97 Å². The summed E-state index contributed by atoms with van der Waals surface area (Å²) in [6.07, 6.45) is 0.943. The van der Waals surface area contributed by atoms with Crippen molar-refractivity contribution in [2.75, 3.05) is 6.26 Å². The largest absolute Gasteiger partial charge is 0.478 e. The van der Waals surface area contributed by atoms with Crippen molar-refractivity contribution in [2.45, 2.75) is 11.8 Å². The van der Waals surface area contributed by atoms with Crippen LogP contribution >= 0.6 is 0 Å². The zero-order valence-corrected chi connectivity index (χ0v) is 8.93. The lowest BCUT2D eigenvalue weighted by atomic mass is 10.1. The number of benzene rings is 1. The van der Waals surface area contributed by atoms with E-state index in [0.717, 1.165) is 18.4 Å². The number of rotatable bonds is 2. The number of sulfone groups is 1. The van der Waals surface area contributed by atoms with Crippen molar-refractivity contribution >= 4 is 15.8 Å². The van der Waals surface area contributed by atoms with Gasteiger partial charge in [0, 0.05) is 6.26 Å². The maximum atomic E-state index is 13.1. The highest BCUT2D eigenvalue weighted by Crippen LogP contribution is 2.19. The average Bonchev–Trinajstić information content (AvgIpc) is 2.00. The molecule has 1 aromatic rings. The van der Waals surface area contributed by atoms with Crippen molar-refractivity contribution in [2.24, 2.45) is 0 Å². The van der Waals surface area contributed by atoms with Gasteiger partial charge in [0.05, 0.1) is 10.5 Å². The second kappa shape index (κ2) is 3.62. The van der Waals surface area contributed by atoms with E-state index in [9.17, 15) is 17.6 Å². The molecule has 15 heavy (non-hydrogen) atoms. The third-order valence-electron chi connectivity index (χ3n) is 1.89. The summed E-state index contributed by atoms with van der Waals surface area (Å²) in [6.45, 7) is 1.41. The van der Waals surface area contributed by atoms with Crippen LogP contribution < -0.4 is 0 Å². The van der Waals surface area contributed by atoms with Gasteiger partial charge in [0.15, 0.2) is 9.84 Å². The molecule has 0 spiro atoms. The van der Waals surface area contributed by atoms with Crippen molar-refractivity contribution in [3.63, 3.8) is 0 Å². The number of hydrogen-bond donors (Lipinski definition) is 1. The van der Waals surface area contributed by atoms with Gasteiger partial charge in [0.2, 0.25) is 0 Å². The van der Waals surface area contributed by atoms with Gasteiger partial charge in [-0.15, -0.1) is 0 Å². The van der Waals surface area contributed by atoms with E-state index in [0.29, 0.717) is 0 Å². The highest BCUT2D eigenvalue weighted by molar-refractivity contribution is 7.90. The Balaban J connectivity index is 3.58. The number of aryl methyl sites for hydroxylation is 1. The summed E-state index contributed by atoms with van der Waals surface area (Å²) < 4.78 is 35.5.